The van der Waals surface area contributed by atoms with Crippen molar-refractivity contribution in [2.24, 2.45) is 5.41 Å². The van der Waals surface area contributed by atoms with Gasteiger partial charge in [-0.3, -0.25) is 0 Å². The Morgan fingerprint density at radius 2 is 2.15 bits per heavy atom. The number of nitrogens with one attached hydrogen (secondary N) is 1. The second kappa shape index (κ2) is 4.23. The molecule has 5 nitrogen and oxygen atoms in total. The van der Waals surface area contributed by atoms with E-state index in [0.29, 0.717) is 10.8 Å². The number of nitrogens with zero attached hydrogens (tertiary/aromatic N) is 4. The molecule has 2 fully saturated rings. The number of pyridine rings is 1. The van der Waals surface area contributed by atoms with Crippen LogP contribution in [0.3, 0.4) is 0 Å². The van der Waals surface area contributed by atoms with Crippen LogP contribution in [-0.4, -0.2) is 41.1 Å². The molecule has 1 N–H and O–H groups in total. The lowest BCUT2D eigenvalue weighted by atomic mass is 9.79. The van der Waals surface area contributed by atoms with E-state index >= 15 is 0 Å². The zero-order valence-corrected chi connectivity index (χ0v) is 11.5. The van der Waals surface area contributed by atoms with Gasteiger partial charge in [-0.1, -0.05) is 11.6 Å². The summed E-state index contributed by atoms with van der Waals surface area (Å²) in [6, 6.07) is 0. The first kappa shape index (κ1) is 12.2. The SMILES string of the molecule is Fc1c(Cl)ncc2c(N3CC4(CCNC4)C3)ncnc12. The number of aromatic nitrogens is 3. The van der Waals surface area contributed by atoms with Crippen molar-refractivity contribution in [1.82, 2.24) is 20.3 Å². The normalized spacial score (nSPS) is 20.6. The van der Waals surface area contributed by atoms with Crippen LogP contribution in [0.25, 0.3) is 10.9 Å². The number of rotatable bonds is 1. The molecule has 0 saturated carbocycles. The maximum Gasteiger partial charge on any atom is 0.186 e. The molecule has 0 unspecified atom stereocenters. The Morgan fingerprint density at radius 1 is 1.30 bits per heavy atom. The minimum atomic E-state index is -0.578. The van der Waals surface area contributed by atoms with Crippen molar-refractivity contribution < 1.29 is 4.39 Å². The highest BCUT2D eigenvalue weighted by atomic mass is 35.5. The van der Waals surface area contributed by atoms with Crippen molar-refractivity contribution in [2.75, 3.05) is 31.1 Å². The highest BCUT2D eigenvalue weighted by Gasteiger charge is 2.45. The van der Waals surface area contributed by atoms with Crippen LogP contribution in [0.5, 0.6) is 0 Å². The molecule has 2 aliphatic rings. The minimum Gasteiger partial charge on any atom is -0.355 e. The number of anilines is 1. The molecule has 104 valence electrons. The smallest absolute Gasteiger partial charge is 0.186 e. The van der Waals surface area contributed by atoms with Gasteiger partial charge < -0.3 is 10.2 Å². The summed E-state index contributed by atoms with van der Waals surface area (Å²) in [5.41, 5.74) is 0.593. The number of hydrogen-bond acceptors (Lipinski definition) is 5. The van der Waals surface area contributed by atoms with E-state index in [1.165, 1.54) is 12.7 Å². The molecule has 0 radical (unpaired) electrons. The predicted molar refractivity (Wildman–Crippen MR) is 74.4 cm³/mol. The highest BCUT2D eigenvalue weighted by molar-refractivity contribution is 6.30. The number of fused-ring (bicyclic) bond motifs is 1. The predicted octanol–water partition coefficient (Wildman–Crippen LogP) is 1.62. The summed E-state index contributed by atoms with van der Waals surface area (Å²) in [4.78, 5) is 14.3. The standard InChI is InChI=1S/C13H13ClFN5/c14-11-9(15)10-8(3-17-11)12(19-7-18-10)20-5-13(6-20)1-2-16-4-13/h3,7,16H,1-2,4-6H2. The topological polar surface area (TPSA) is 53.9 Å². The third-order valence-electron chi connectivity index (χ3n) is 4.24. The van der Waals surface area contributed by atoms with Crippen LogP contribution in [0, 0.1) is 11.2 Å². The minimum absolute atomic E-state index is 0.151. The summed E-state index contributed by atoms with van der Waals surface area (Å²) in [6.07, 6.45) is 4.12. The fraction of sp³-hybridized carbons (Fsp3) is 0.462. The summed E-state index contributed by atoms with van der Waals surface area (Å²) in [5, 5.41) is 3.86. The molecule has 0 aromatic carbocycles. The monoisotopic (exact) mass is 293 g/mol. The zero-order chi connectivity index (χ0) is 13.7. The van der Waals surface area contributed by atoms with Gasteiger partial charge in [0.25, 0.3) is 0 Å². The molecule has 1 spiro atoms. The van der Waals surface area contributed by atoms with E-state index in [0.717, 1.165) is 32.0 Å². The Morgan fingerprint density at radius 3 is 2.90 bits per heavy atom. The summed E-state index contributed by atoms with van der Waals surface area (Å²) < 4.78 is 13.9. The van der Waals surface area contributed by atoms with Gasteiger partial charge in [0.1, 0.15) is 17.7 Å². The molecular formula is C13H13ClFN5. The third kappa shape index (κ3) is 1.68. The molecule has 0 amide bonds. The van der Waals surface area contributed by atoms with Crippen LogP contribution < -0.4 is 10.2 Å². The Hall–Kier alpha value is -1.53. The van der Waals surface area contributed by atoms with Gasteiger partial charge in [0, 0.05) is 31.2 Å². The maximum absolute atomic E-state index is 13.9. The Kier molecular flexibility index (Phi) is 2.59. The van der Waals surface area contributed by atoms with Crippen LogP contribution >= 0.6 is 11.6 Å². The quantitative estimate of drug-likeness (QED) is 0.810. The van der Waals surface area contributed by atoms with Crippen molar-refractivity contribution in [1.29, 1.82) is 0 Å². The van der Waals surface area contributed by atoms with Crippen molar-refractivity contribution >= 4 is 28.3 Å². The number of hydrogen-bond donors (Lipinski definition) is 1. The van der Waals surface area contributed by atoms with Crippen molar-refractivity contribution in [3.05, 3.63) is 23.5 Å². The largest absolute Gasteiger partial charge is 0.355 e. The van der Waals surface area contributed by atoms with Gasteiger partial charge in [0.2, 0.25) is 0 Å². The van der Waals surface area contributed by atoms with Crippen molar-refractivity contribution in [3.8, 4) is 0 Å². The van der Waals surface area contributed by atoms with Gasteiger partial charge in [0.05, 0.1) is 5.39 Å². The van der Waals surface area contributed by atoms with E-state index in [1.54, 1.807) is 6.20 Å². The fourth-order valence-electron chi connectivity index (χ4n) is 3.19. The summed E-state index contributed by atoms with van der Waals surface area (Å²) in [7, 11) is 0. The van der Waals surface area contributed by atoms with E-state index in [2.05, 4.69) is 25.2 Å². The lowest BCUT2D eigenvalue weighted by molar-refractivity contribution is 0.242. The molecule has 0 atom stereocenters. The molecule has 4 heterocycles. The second-order valence-corrected chi connectivity index (χ2v) is 5.96. The Balaban J connectivity index is 1.73. The molecule has 2 saturated heterocycles. The molecular weight excluding hydrogens is 281 g/mol. The van der Waals surface area contributed by atoms with Crippen molar-refractivity contribution in [2.45, 2.75) is 6.42 Å². The van der Waals surface area contributed by atoms with Gasteiger partial charge >= 0.3 is 0 Å². The maximum atomic E-state index is 13.9. The highest BCUT2D eigenvalue weighted by Crippen LogP contribution is 2.40. The molecule has 4 rings (SSSR count). The van der Waals surface area contributed by atoms with Gasteiger partial charge in [0.15, 0.2) is 11.0 Å². The molecule has 2 aromatic rings. The van der Waals surface area contributed by atoms with E-state index in [-0.39, 0.29) is 10.7 Å². The van der Waals surface area contributed by atoms with E-state index in [9.17, 15) is 4.39 Å². The van der Waals surface area contributed by atoms with E-state index in [4.69, 9.17) is 11.6 Å². The summed E-state index contributed by atoms with van der Waals surface area (Å²) >= 11 is 5.70. The molecule has 2 aliphatic heterocycles. The van der Waals surface area contributed by atoms with E-state index in [1.807, 2.05) is 0 Å². The first-order chi connectivity index (χ1) is 9.69. The van der Waals surface area contributed by atoms with Crippen LogP contribution in [0.2, 0.25) is 5.15 Å². The Labute approximate surface area is 120 Å². The molecule has 20 heavy (non-hydrogen) atoms. The van der Waals surface area contributed by atoms with Crippen molar-refractivity contribution in [3.63, 3.8) is 0 Å². The molecule has 0 bridgehead atoms. The molecule has 0 aliphatic carbocycles. The first-order valence-electron chi connectivity index (χ1n) is 6.59. The average molecular weight is 294 g/mol. The van der Waals surface area contributed by atoms with Crippen LogP contribution in [0.4, 0.5) is 10.2 Å². The lowest BCUT2D eigenvalue weighted by Crippen LogP contribution is -2.57. The first-order valence-corrected chi connectivity index (χ1v) is 6.97. The van der Waals surface area contributed by atoms with Crippen LogP contribution in [0.15, 0.2) is 12.5 Å². The fourth-order valence-corrected chi connectivity index (χ4v) is 3.32. The lowest BCUT2D eigenvalue weighted by Gasteiger charge is -2.48. The van der Waals surface area contributed by atoms with Crippen LogP contribution in [-0.2, 0) is 0 Å². The van der Waals surface area contributed by atoms with Gasteiger partial charge in [-0.2, -0.15) is 0 Å². The second-order valence-electron chi connectivity index (χ2n) is 5.61. The zero-order valence-electron chi connectivity index (χ0n) is 10.7. The summed E-state index contributed by atoms with van der Waals surface area (Å²) in [5.74, 6) is 0.168. The average Bonchev–Trinajstić information content (AvgIpc) is 2.90. The van der Waals surface area contributed by atoms with Gasteiger partial charge in [-0.25, -0.2) is 19.3 Å². The van der Waals surface area contributed by atoms with E-state index < -0.39 is 5.82 Å². The third-order valence-corrected chi connectivity index (χ3v) is 4.51. The summed E-state index contributed by atoms with van der Waals surface area (Å²) in [6.45, 7) is 4.00. The Bertz CT molecular complexity index is 678. The molecule has 7 heteroatoms. The molecule has 2 aromatic heterocycles. The van der Waals surface area contributed by atoms with Gasteiger partial charge in [-0.15, -0.1) is 0 Å². The number of halogens is 2. The van der Waals surface area contributed by atoms with Crippen LogP contribution in [0.1, 0.15) is 6.42 Å². The van der Waals surface area contributed by atoms with Gasteiger partial charge in [-0.05, 0) is 13.0 Å².